The van der Waals surface area contributed by atoms with E-state index in [2.05, 4.69) is 0 Å². The molecule has 0 spiro atoms. The molecule has 0 bridgehead atoms. The fraction of sp³-hybridized carbons (Fsp3) is 0.741. The van der Waals surface area contributed by atoms with Gasteiger partial charge in [0.2, 0.25) is 6.29 Å². The average Bonchev–Trinajstić information content (AvgIpc) is 2.97. The number of aliphatic hydroxyl groups is 6. The van der Waals surface area contributed by atoms with Crippen molar-refractivity contribution in [3.05, 3.63) is 29.8 Å². The summed E-state index contributed by atoms with van der Waals surface area (Å²) in [7, 11) is 2.62. The minimum Gasteiger partial charge on any atom is -0.465 e. The first-order valence-electron chi connectivity index (χ1n) is 13.6. The van der Waals surface area contributed by atoms with E-state index in [1.807, 2.05) is 0 Å². The lowest BCUT2D eigenvalue weighted by Gasteiger charge is -2.48. The molecule has 3 fully saturated rings. The first kappa shape index (κ1) is 32.9. The van der Waals surface area contributed by atoms with Crippen LogP contribution in [0.1, 0.15) is 31.1 Å². The molecule has 3 aliphatic heterocycles. The molecular weight excluding hydrogens is 564 g/mol. The van der Waals surface area contributed by atoms with Gasteiger partial charge in [-0.25, -0.2) is 4.79 Å². The Balaban J connectivity index is 1.49. The van der Waals surface area contributed by atoms with Crippen molar-refractivity contribution in [3.63, 3.8) is 0 Å². The van der Waals surface area contributed by atoms with E-state index in [0.717, 1.165) is 0 Å². The third-order valence-electron chi connectivity index (χ3n) is 7.73. The predicted octanol–water partition coefficient (Wildman–Crippen LogP) is -1.96. The first-order valence-corrected chi connectivity index (χ1v) is 13.6. The van der Waals surface area contributed by atoms with Crippen LogP contribution < -0.4 is 4.74 Å². The van der Waals surface area contributed by atoms with E-state index >= 15 is 0 Å². The molecule has 0 radical (unpaired) electrons. The second kappa shape index (κ2) is 13.8. The summed E-state index contributed by atoms with van der Waals surface area (Å²) in [5, 5.41) is 63.3. The third-order valence-corrected chi connectivity index (χ3v) is 7.73. The van der Waals surface area contributed by atoms with Crippen LogP contribution in [0.25, 0.3) is 0 Å². The van der Waals surface area contributed by atoms with Gasteiger partial charge in [0.15, 0.2) is 12.6 Å². The van der Waals surface area contributed by atoms with Crippen LogP contribution in [-0.2, 0) is 33.2 Å². The number of rotatable bonds is 8. The Kier molecular flexibility index (Phi) is 10.8. The van der Waals surface area contributed by atoms with Gasteiger partial charge in [-0.05, 0) is 45.0 Å². The summed E-state index contributed by atoms with van der Waals surface area (Å²) in [4.78, 5) is 11.7. The monoisotopic (exact) mass is 604 g/mol. The maximum atomic E-state index is 11.7. The van der Waals surface area contributed by atoms with Crippen molar-refractivity contribution in [2.24, 2.45) is 0 Å². The summed E-state index contributed by atoms with van der Waals surface area (Å²) in [5.74, 6) is -0.195. The van der Waals surface area contributed by atoms with Gasteiger partial charge in [-0.3, -0.25) is 0 Å². The number of hydrogen-bond acceptors (Lipinski definition) is 15. The topological polar surface area (TPSA) is 212 Å². The minimum atomic E-state index is -1.68. The Hall–Kier alpha value is -1.99. The molecule has 238 valence electrons. The van der Waals surface area contributed by atoms with Crippen molar-refractivity contribution >= 4 is 5.97 Å². The van der Waals surface area contributed by atoms with Gasteiger partial charge < -0.3 is 68.5 Å². The largest absolute Gasteiger partial charge is 0.465 e. The summed E-state index contributed by atoms with van der Waals surface area (Å²) in [6.45, 7) is 4.55. The van der Waals surface area contributed by atoms with Gasteiger partial charge in [-0.2, -0.15) is 0 Å². The molecule has 0 saturated carbocycles. The molecule has 42 heavy (non-hydrogen) atoms. The highest BCUT2D eigenvalue weighted by Crippen LogP contribution is 2.33. The molecular formula is C27H40O15. The van der Waals surface area contributed by atoms with E-state index < -0.39 is 98.1 Å². The Morgan fingerprint density at radius 1 is 0.619 bits per heavy atom. The van der Waals surface area contributed by atoms with Gasteiger partial charge in [-0.1, -0.05) is 0 Å². The van der Waals surface area contributed by atoms with Crippen molar-refractivity contribution in [1.82, 2.24) is 0 Å². The lowest BCUT2D eigenvalue weighted by Crippen LogP contribution is -2.66. The Labute approximate surface area is 242 Å². The molecule has 3 aliphatic rings. The Bertz CT molecular complexity index is 1030. The number of methoxy groups -OCH3 is 2. The molecule has 15 heteroatoms. The zero-order valence-electron chi connectivity index (χ0n) is 23.8. The smallest absolute Gasteiger partial charge is 0.337 e. The molecule has 6 N–H and O–H groups in total. The van der Waals surface area contributed by atoms with Crippen LogP contribution in [0.5, 0.6) is 5.75 Å². The van der Waals surface area contributed by atoms with Crippen LogP contribution >= 0.6 is 0 Å². The highest BCUT2D eigenvalue weighted by atomic mass is 16.8. The standard InChI is InChI=1S/C27H40O15/c1-10-15(28)18(31)19(32)25(37-10)41-21-16(29)11(2)38-26(20(21)33)42-22-17(30)12(3)39-27(23(22)35-4)40-14-8-6-13(7-9-14)24(34)36-5/h6-12,15-23,25-33H,1-5H3/t10-,11-,12-,15+,16-,17-,18+,19-,20+,21+,22+,23+,25-,26-,27-/m0/s1. The number of carbonyl (C=O) groups excluding carboxylic acids is 1. The summed E-state index contributed by atoms with van der Waals surface area (Å²) < 4.78 is 45.0. The zero-order chi connectivity index (χ0) is 30.9. The van der Waals surface area contributed by atoms with E-state index in [0.29, 0.717) is 11.3 Å². The molecule has 15 nitrogen and oxygen atoms in total. The number of carbonyl (C=O) groups is 1. The number of benzene rings is 1. The van der Waals surface area contributed by atoms with Crippen LogP contribution in [0.4, 0.5) is 0 Å². The Morgan fingerprint density at radius 3 is 1.69 bits per heavy atom. The number of esters is 1. The summed E-state index contributed by atoms with van der Waals surface area (Å²) >= 11 is 0. The van der Waals surface area contributed by atoms with Crippen LogP contribution in [0, 0.1) is 0 Å². The normalized spacial score (nSPS) is 44.4. The summed E-state index contributed by atoms with van der Waals surface area (Å²) in [5.41, 5.74) is 0.311. The molecule has 1 aromatic rings. The van der Waals surface area contributed by atoms with Gasteiger partial charge in [0.05, 0.1) is 31.0 Å². The number of ether oxygens (including phenoxy) is 8. The summed E-state index contributed by atoms with van der Waals surface area (Å²) in [6, 6.07) is 6.08. The maximum absolute atomic E-state index is 11.7. The van der Waals surface area contributed by atoms with Crippen LogP contribution in [0.2, 0.25) is 0 Å². The van der Waals surface area contributed by atoms with E-state index in [9.17, 15) is 35.4 Å². The molecule has 0 aromatic heterocycles. The summed E-state index contributed by atoms with van der Waals surface area (Å²) in [6.07, 6.45) is -19.4. The van der Waals surface area contributed by atoms with E-state index in [1.165, 1.54) is 52.3 Å². The highest BCUT2D eigenvalue weighted by molar-refractivity contribution is 5.89. The van der Waals surface area contributed by atoms with E-state index in [-0.39, 0.29) is 0 Å². The van der Waals surface area contributed by atoms with Crippen molar-refractivity contribution in [2.75, 3.05) is 14.2 Å². The highest BCUT2D eigenvalue weighted by Gasteiger charge is 2.53. The van der Waals surface area contributed by atoms with Crippen molar-refractivity contribution < 1.29 is 73.3 Å². The Morgan fingerprint density at radius 2 is 1.12 bits per heavy atom. The van der Waals surface area contributed by atoms with Crippen molar-refractivity contribution in [1.29, 1.82) is 0 Å². The SMILES string of the molecule is COC(=O)c1ccc(O[C@@H]2O[C@@H](C)[C@H](O)[C@@H](O[C@@H]3O[C@@H](C)[C@H](O)[C@@H](O[C@@H]4O[C@@H](C)[C@@H](O)[C@@H](O)[C@@H]4O)[C@H]3O)[C@H]2OC)cc1. The predicted molar refractivity (Wildman–Crippen MR) is 138 cm³/mol. The maximum Gasteiger partial charge on any atom is 0.337 e. The molecule has 0 unspecified atom stereocenters. The van der Waals surface area contributed by atoms with Crippen LogP contribution in [0.15, 0.2) is 24.3 Å². The van der Waals surface area contributed by atoms with Gasteiger partial charge >= 0.3 is 5.97 Å². The molecule has 0 amide bonds. The molecule has 1 aromatic carbocycles. The van der Waals surface area contributed by atoms with E-state index in [4.69, 9.17) is 37.9 Å². The van der Waals surface area contributed by atoms with Crippen LogP contribution in [-0.4, -0.2) is 143 Å². The molecule has 3 heterocycles. The molecule has 0 aliphatic carbocycles. The van der Waals surface area contributed by atoms with E-state index in [1.54, 1.807) is 6.92 Å². The average molecular weight is 605 g/mol. The molecule has 15 atom stereocenters. The molecule has 3 saturated heterocycles. The van der Waals surface area contributed by atoms with Gasteiger partial charge in [-0.15, -0.1) is 0 Å². The zero-order valence-corrected chi connectivity index (χ0v) is 23.8. The van der Waals surface area contributed by atoms with Crippen molar-refractivity contribution in [3.8, 4) is 5.75 Å². The number of hydrogen-bond donors (Lipinski definition) is 6. The quantitative estimate of drug-likeness (QED) is 0.178. The van der Waals surface area contributed by atoms with Crippen molar-refractivity contribution in [2.45, 2.75) is 113 Å². The molecule has 4 rings (SSSR count). The van der Waals surface area contributed by atoms with Gasteiger partial charge in [0.25, 0.3) is 0 Å². The van der Waals surface area contributed by atoms with Crippen LogP contribution in [0.3, 0.4) is 0 Å². The second-order valence-electron chi connectivity index (χ2n) is 10.6. The fourth-order valence-electron chi connectivity index (χ4n) is 5.11. The first-order chi connectivity index (χ1) is 19.9. The van der Waals surface area contributed by atoms with Gasteiger partial charge in [0, 0.05) is 7.11 Å². The van der Waals surface area contributed by atoms with Gasteiger partial charge in [0.1, 0.15) is 60.7 Å². The second-order valence-corrected chi connectivity index (χ2v) is 10.6. The number of aliphatic hydroxyl groups excluding tert-OH is 6. The minimum absolute atomic E-state index is 0.311. The fourth-order valence-corrected chi connectivity index (χ4v) is 5.11. The third kappa shape index (κ3) is 6.72. The lowest BCUT2D eigenvalue weighted by molar-refractivity contribution is -0.373. The lowest BCUT2D eigenvalue weighted by atomic mass is 9.96.